The lowest BCUT2D eigenvalue weighted by molar-refractivity contribution is 0.0937. The monoisotopic (exact) mass is 369 g/mol. The molecule has 1 aliphatic heterocycles. The fourth-order valence-corrected chi connectivity index (χ4v) is 3.98. The van der Waals surface area contributed by atoms with Crippen molar-refractivity contribution in [2.75, 3.05) is 6.54 Å². The first kappa shape index (κ1) is 16.7. The van der Waals surface area contributed by atoms with E-state index >= 15 is 0 Å². The van der Waals surface area contributed by atoms with Crippen molar-refractivity contribution in [1.29, 1.82) is 5.26 Å². The van der Waals surface area contributed by atoms with Crippen molar-refractivity contribution in [3.63, 3.8) is 0 Å². The smallest absolute Gasteiger partial charge is 0.253 e. The highest BCUT2D eigenvalue weighted by Crippen LogP contribution is 2.50. The van der Waals surface area contributed by atoms with Gasteiger partial charge in [-0.2, -0.15) is 5.26 Å². The largest absolute Gasteiger partial charge is 0.356 e. The minimum Gasteiger partial charge on any atom is -0.356 e. The van der Waals surface area contributed by atoms with E-state index in [-0.39, 0.29) is 11.3 Å². The molecule has 0 saturated heterocycles. The van der Waals surface area contributed by atoms with Crippen molar-refractivity contribution in [3.05, 3.63) is 58.9 Å². The Morgan fingerprint density at radius 1 is 1.25 bits per heavy atom. The minimum absolute atomic E-state index is 0.0295. The molecule has 2 aliphatic rings. The molecule has 1 aromatic carbocycles. The molecule has 6 nitrogen and oxygen atoms in total. The Balaban J connectivity index is 1.56. The van der Waals surface area contributed by atoms with E-state index in [1.165, 1.54) is 0 Å². The quantitative estimate of drug-likeness (QED) is 0.740. The van der Waals surface area contributed by atoms with Crippen LogP contribution in [0.1, 0.15) is 46.9 Å². The van der Waals surface area contributed by atoms with Crippen LogP contribution in [0, 0.1) is 11.3 Å². The molecular formula is C22H19N5O. The van der Waals surface area contributed by atoms with Gasteiger partial charge in [0.25, 0.3) is 5.91 Å². The SMILES string of the molecule is CCc1ccc(-c2nccc(-c3cc4c([nH]3)C3(CC3)CNC4=O)n2)cc1C#N. The zero-order valence-corrected chi connectivity index (χ0v) is 15.5. The van der Waals surface area contributed by atoms with Gasteiger partial charge in [0.15, 0.2) is 5.82 Å². The number of benzene rings is 1. The number of amides is 1. The topological polar surface area (TPSA) is 94.5 Å². The summed E-state index contributed by atoms with van der Waals surface area (Å²) in [6.45, 7) is 2.73. The molecule has 2 aromatic heterocycles. The number of nitriles is 1. The van der Waals surface area contributed by atoms with Crippen LogP contribution in [0.5, 0.6) is 0 Å². The van der Waals surface area contributed by atoms with Gasteiger partial charge in [0, 0.05) is 29.4 Å². The Morgan fingerprint density at radius 2 is 2.11 bits per heavy atom. The van der Waals surface area contributed by atoms with Crippen LogP contribution in [-0.4, -0.2) is 27.4 Å². The normalized spacial score (nSPS) is 16.4. The highest BCUT2D eigenvalue weighted by atomic mass is 16.1. The van der Waals surface area contributed by atoms with E-state index in [1.807, 2.05) is 37.3 Å². The van der Waals surface area contributed by atoms with E-state index < -0.39 is 0 Å². The first-order chi connectivity index (χ1) is 13.6. The fraction of sp³-hybridized carbons (Fsp3) is 0.273. The number of rotatable bonds is 3. The van der Waals surface area contributed by atoms with Crippen LogP contribution in [0.25, 0.3) is 22.8 Å². The average Bonchev–Trinajstić information content (AvgIpc) is 3.37. The summed E-state index contributed by atoms with van der Waals surface area (Å²) >= 11 is 0. The maximum atomic E-state index is 12.3. The molecule has 0 bridgehead atoms. The van der Waals surface area contributed by atoms with Gasteiger partial charge in [-0.05, 0) is 43.0 Å². The number of hydrogen-bond donors (Lipinski definition) is 2. The standard InChI is InChI=1S/C22H19N5O/c1-2-13-3-4-14(9-15(13)11-23)20-24-8-5-17(27-20)18-10-16-19(26-18)22(6-7-22)12-25-21(16)28/h3-5,8-10,26H,2,6-7,12H2,1H3,(H,25,28). The number of fused-ring (bicyclic) bond motifs is 2. The fourth-order valence-electron chi connectivity index (χ4n) is 3.98. The lowest BCUT2D eigenvalue weighted by atomic mass is 9.95. The lowest BCUT2D eigenvalue weighted by Gasteiger charge is -2.21. The van der Waals surface area contributed by atoms with Crippen LogP contribution < -0.4 is 5.32 Å². The zero-order chi connectivity index (χ0) is 19.3. The van der Waals surface area contributed by atoms with Crippen molar-refractivity contribution in [2.24, 2.45) is 0 Å². The van der Waals surface area contributed by atoms with Crippen molar-refractivity contribution in [3.8, 4) is 28.8 Å². The lowest BCUT2D eigenvalue weighted by Crippen LogP contribution is -2.38. The predicted molar refractivity (Wildman–Crippen MR) is 105 cm³/mol. The highest BCUT2D eigenvalue weighted by Gasteiger charge is 2.50. The van der Waals surface area contributed by atoms with E-state index in [9.17, 15) is 10.1 Å². The molecule has 3 aromatic rings. The van der Waals surface area contributed by atoms with Crippen LogP contribution in [0.4, 0.5) is 0 Å². The Morgan fingerprint density at radius 3 is 2.86 bits per heavy atom. The molecule has 1 spiro atoms. The van der Waals surface area contributed by atoms with Crippen LogP contribution in [0.2, 0.25) is 0 Å². The average molecular weight is 369 g/mol. The number of H-pyrrole nitrogens is 1. The molecule has 0 atom stereocenters. The van der Waals surface area contributed by atoms with Gasteiger partial charge in [-0.15, -0.1) is 0 Å². The number of aryl methyl sites for hydroxylation is 1. The van der Waals surface area contributed by atoms with Gasteiger partial charge < -0.3 is 10.3 Å². The second kappa shape index (κ2) is 6.03. The predicted octanol–water partition coefficient (Wildman–Crippen LogP) is 3.35. The Bertz CT molecular complexity index is 1150. The Hall–Kier alpha value is -3.46. The first-order valence-electron chi connectivity index (χ1n) is 9.52. The Labute approximate surface area is 162 Å². The molecule has 1 saturated carbocycles. The molecule has 6 heteroatoms. The number of nitrogens with one attached hydrogen (secondary N) is 2. The maximum Gasteiger partial charge on any atom is 0.253 e. The van der Waals surface area contributed by atoms with Crippen LogP contribution in [0.3, 0.4) is 0 Å². The summed E-state index contributed by atoms with van der Waals surface area (Å²) in [5.41, 5.74) is 5.86. The van der Waals surface area contributed by atoms with Gasteiger partial charge in [0.1, 0.15) is 0 Å². The van der Waals surface area contributed by atoms with Gasteiger partial charge in [-0.3, -0.25) is 4.79 Å². The third-order valence-corrected chi connectivity index (χ3v) is 5.83. The molecular weight excluding hydrogens is 350 g/mol. The van der Waals surface area contributed by atoms with Crippen molar-refractivity contribution in [2.45, 2.75) is 31.6 Å². The summed E-state index contributed by atoms with van der Waals surface area (Å²) in [4.78, 5) is 24.8. The van der Waals surface area contributed by atoms with Gasteiger partial charge in [0.05, 0.1) is 28.6 Å². The summed E-state index contributed by atoms with van der Waals surface area (Å²) in [5, 5.41) is 12.4. The van der Waals surface area contributed by atoms with Gasteiger partial charge >= 0.3 is 0 Å². The number of aromatic amines is 1. The summed E-state index contributed by atoms with van der Waals surface area (Å²) in [5.74, 6) is 0.535. The molecule has 3 heterocycles. The molecule has 138 valence electrons. The summed E-state index contributed by atoms with van der Waals surface area (Å²) in [7, 11) is 0. The Kier molecular flexibility index (Phi) is 3.59. The number of carbonyl (C=O) groups is 1. The summed E-state index contributed by atoms with van der Waals surface area (Å²) < 4.78 is 0. The third-order valence-electron chi connectivity index (χ3n) is 5.83. The van der Waals surface area contributed by atoms with E-state index in [4.69, 9.17) is 4.98 Å². The van der Waals surface area contributed by atoms with E-state index in [1.54, 1.807) is 6.20 Å². The van der Waals surface area contributed by atoms with Gasteiger partial charge in [-0.25, -0.2) is 9.97 Å². The van der Waals surface area contributed by atoms with Crippen molar-refractivity contribution in [1.82, 2.24) is 20.3 Å². The van der Waals surface area contributed by atoms with Crippen molar-refractivity contribution < 1.29 is 4.79 Å². The molecule has 5 rings (SSSR count). The van der Waals surface area contributed by atoms with E-state index in [0.29, 0.717) is 17.9 Å². The molecule has 1 aliphatic carbocycles. The number of aromatic nitrogens is 3. The molecule has 1 fully saturated rings. The number of hydrogen-bond acceptors (Lipinski definition) is 4. The molecule has 0 unspecified atom stereocenters. The van der Waals surface area contributed by atoms with E-state index in [2.05, 4.69) is 21.4 Å². The third kappa shape index (κ3) is 2.51. The molecule has 1 amide bonds. The highest BCUT2D eigenvalue weighted by molar-refractivity contribution is 5.98. The van der Waals surface area contributed by atoms with Crippen LogP contribution >= 0.6 is 0 Å². The van der Waals surface area contributed by atoms with Crippen molar-refractivity contribution >= 4 is 5.91 Å². The molecule has 2 N–H and O–H groups in total. The molecule has 28 heavy (non-hydrogen) atoms. The summed E-state index contributed by atoms with van der Waals surface area (Å²) in [6.07, 6.45) is 4.71. The second-order valence-electron chi connectivity index (χ2n) is 7.54. The summed E-state index contributed by atoms with van der Waals surface area (Å²) in [6, 6.07) is 11.7. The second-order valence-corrected chi connectivity index (χ2v) is 7.54. The van der Waals surface area contributed by atoms with Crippen LogP contribution in [-0.2, 0) is 11.8 Å². The van der Waals surface area contributed by atoms with Gasteiger partial charge in [-0.1, -0.05) is 19.1 Å². The maximum absolute atomic E-state index is 12.3. The van der Waals surface area contributed by atoms with Gasteiger partial charge in [0.2, 0.25) is 0 Å². The number of carbonyl (C=O) groups excluding carboxylic acids is 1. The first-order valence-corrected chi connectivity index (χ1v) is 9.52. The minimum atomic E-state index is -0.0295. The van der Waals surface area contributed by atoms with Crippen LogP contribution in [0.15, 0.2) is 36.5 Å². The molecule has 0 radical (unpaired) electrons. The zero-order valence-electron chi connectivity index (χ0n) is 15.5. The van der Waals surface area contributed by atoms with E-state index in [0.717, 1.165) is 53.0 Å². The number of nitrogens with zero attached hydrogens (tertiary/aromatic N) is 3.